The molecule has 0 aliphatic heterocycles. The van der Waals surface area contributed by atoms with Crippen LogP contribution in [0.4, 0.5) is 5.69 Å². The molecule has 24 heavy (non-hydrogen) atoms. The van der Waals surface area contributed by atoms with Crippen molar-refractivity contribution in [2.24, 2.45) is 0 Å². The molecule has 0 fully saturated rings. The Bertz CT molecular complexity index is 815. The van der Waals surface area contributed by atoms with Crippen LogP contribution in [0.1, 0.15) is 5.56 Å². The van der Waals surface area contributed by atoms with Gasteiger partial charge in [-0.05, 0) is 37.3 Å². The van der Waals surface area contributed by atoms with E-state index in [1.807, 2.05) is 19.1 Å². The lowest BCUT2D eigenvalue weighted by atomic mass is 10.2. The van der Waals surface area contributed by atoms with Gasteiger partial charge in [-0.25, -0.2) is 12.7 Å². The maximum absolute atomic E-state index is 12.1. The van der Waals surface area contributed by atoms with E-state index in [1.54, 1.807) is 24.3 Å². The number of rotatable bonds is 6. The molecule has 0 saturated carbocycles. The summed E-state index contributed by atoms with van der Waals surface area (Å²) in [5.41, 5.74) is 1.50. The number of nitrogens with zero attached hydrogens (tertiary/aromatic N) is 1. The molecular formula is C17H20N2O4S. The molecule has 0 radical (unpaired) electrons. The number of sulfonamides is 1. The van der Waals surface area contributed by atoms with Crippen molar-refractivity contribution in [2.75, 3.05) is 26.0 Å². The maximum Gasteiger partial charge on any atom is 0.262 e. The topological polar surface area (TPSA) is 75.7 Å². The summed E-state index contributed by atoms with van der Waals surface area (Å²) in [6.45, 7) is 1.80. The highest BCUT2D eigenvalue weighted by Gasteiger charge is 2.17. The predicted octanol–water partition coefficient (Wildman–Crippen LogP) is 2.26. The molecule has 0 atom stereocenters. The Morgan fingerprint density at radius 1 is 1.12 bits per heavy atom. The van der Waals surface area contributed by atoms with Crippen molar-refractivity contribution in [3.8, 4) is 5.75 Å². The number of benzene rings is 2. The minimum Gasteiger partial charge on any atom is -0.484 e. The zero-order valence-corrected chi connectivity index (χ0v) is 14.6. The Balaban J connectivity index is 2.00. The zero-order chi connectivity index (χ0) is 17.7. The largest absolute Gasteiger partial charge is 0.484 e. The van der Waals surface area contributed by atoms with E-state index in [9.17, 15) is 13.2 Å². The zero-order valence-electron chi connectivity index (χ0n) is 13.8. The van der Waals surface area contributed by atoms with Gasteiger partial charge in [0.15, 0.2) is 6.61 Å². The Morgan fingerprint density at radius 2 is 1.79 bits per heavy atom. The molecule has 6 nitrogen and oxygen atoms in total. The molecule has 0 saturated heterocycles. The molecule has 2 rings (SSSR count). The molecule has 128 valence electrons. The molecular weight excluding hydrogens is 328 g/mol. The molecule has 0 aromatic heterocycles. The van der Waals surface area contributed by atoms with E-state index in [0.29, 0.717) is 11.4 Å². The summed E-state index contributed by atoms with van der Waals surface area (Å²) in [6.07, 6.45) is 0. The predicted molar refractivity (Wildman–Crippen MR) is 92.6 cm³/mol. The first-order valence-corrected chi connectivity index (χ1v) is 8.75. The fraction of sp³-hybridized carbons (Fsp3) is 0.235. The number of hydrogen-bond donors (Lipinski definition) is 1. The van der Waals surface area contributed by atoms with E-state index in [2.05, 4.69) is 5.32 Å². The third-order valence-electron chi connectivity index (χ3n) is 3.29. The maximum atomic E-state index is 12.1. The molecule has 1 amide bonds. The summed E-state index contributed by atoms with van der Waals surface area (Å²) in [7, 11) is -0.635. The van der Waals surface area contributed by atoms with Crippen molar-refractivity contribution >= 4 is 21.6 Å². The average Bonchev–Trinajstić information content (AvgIpc) is 2.54. The number of anilines is 1. The molecule has 0 heterocycles. The van der Waals surface area contributed by atoms with E-state index in [0.717, 1.165) is 9.87 Å². The molecule has 0 unspecified atom stereocenters. The van der Waals surface area contributed by atoms with Crippen LogP contribution in [0.5, 0.6) is 5.75 Å². The van der Waals surface area contributed by atoms with Gasteiger partial charge in [-0.3, -0.25) is 4.79 Å². The second-order valence-electron chi connectivity index (χ2n) is 5.47. The Hall–Kier alpha value is -2.38. The summed E-state index contributed by atoms with van der Waals surface area (Å²) in [5.74, 6) is 0.231. The van der Waals surface area contributed by atoms with Crippen molar-refractivity contribution in [3.63, 3.8) is 0 Å². The van der Waals surface area contributed by atoms with Crippen molar-refractivity contribution in [1.29, 1.82) is 0 Å². The van der Waals surface area contributed by atoms with E-state index in [4.69, 9.17) is 4.74 Å². The molecule has 0 aliphatic carbocycles. The lowest BCUT2D eigenvalue weighted by Gasteiger charge is -2.13. The van der Waals surface area contributed by atoms with Crippen LogP contribution in [0.2, 0.25) is 0 Å². The van der Waals surface area contributed by atoms with E-state index in [-0.39, 0.29) is 17.4 Å². The lowest BCUT2D eigenvalue weighted by molar-refractivity contribution is -0.118. The molecule has 7 heteroatoms. The van der Waals surface area contributed by atoms with Crippen molar-refractivity contribution < 1.29 is 17.9 Å². The van der Waals surface area contributed by atoms with E-state index >= 15 is 0 Å². The monoisotopic (exact) mass is 348 g/mol. The molecule has 1 N–H and O–H groups in total. The third kappa shape index (κ3) is 4.56. The van der Waals surface area contributed by atoms with E-state index < -0.39 is 10.0 Å². The van der Waals surface area contributed by atoms with Gasteiger partial charge in [0.2, 0.25) is 10.0 Å². The van der Waals surface area contributed by atoms with Gasteiger partial charge < -0.3 is 10.1 Å². The van der Waals surface area contributed by atoms with Gasteiger partial charge in [0.25, 0.3) is 5.91 Å². The van der Waals surface area contributed by atoms with Crippen LogP contribution >= 0.6 is 0 Å². The number of ether oxygens (including phenoxy) is 1. The highest BCUT2D eigenvalue weighted by atomic mass is 32.2. The highest BCUT2D eigenvalue weighted by molar-refractivity contribution is 7.89. The fourth-order valence-corrected chi connectivity index (χ4v) is 2.87. The number of carbonyl (C=O) groups is 1. The van der Waals surface area contributed by atoms with Crippen LogP contribution in [0.25, 0.3) is 0 Å². The lowest BCUT2D eigenvalue weighted by Crippen LogP contribution is -2.23. The van der Waals surface area contributed by atoms with Crippen LogP contribution in [0, 0.1) is 6.92 Å². The Labute approximate surface area is 142 Å². The summed E-state index contributed by atoms with van der Waals surface area (Å²) in [5, 5.41) is 2.63. The van der Waals surface area contributed by atoms with Gasteiger partial charge in [0, 0.05) is 19.8 Å². The van der Waals surface area contributed by atoms with Gasteiger partial charge in [-0.2, -0.15) is 0 Å². The second-order valence-corrected chi connectivity index (χ2v) is 7.62. The van der Waals surface area contributed by atoms with Gasteiger partial charge in [0.1, 0.15) is 5.75 Å². The Kier molecular flexibility index (Phi) is 5.58. The molecule has 0 bridgehead atoms. The normalized spacial score (nSPS) is 11.3. The molecule has 0 aliphatic rings. The number of nitrogens with one attached hydrogen (secondary N) is 1. The van der Waals surface area contributed by atoms with Gasteiger partial charge >= 0.3 is 0 Å². The van der Waals surface area contributed by atoms with Crippen LogP contribution in [-0.4, -0.2) is 39.3 Å². The summed E-state index contributed by atoms with van der Waals surface area (Å²) >= 11 is 0. The summed E-state index contributed by atoms with van der Waals surface area (Å²) in [4.78, 5) is 12.1. The molecule has 2 aromatic carbocycles. The van der Waals surface area contributed by atoms with Crippen LogP contribution in [0.3, 0.4) is 0 Å². The first-order chi connectivity index (χ1) is 11.3. The minimum absolute atomic E-state index is 0.116. The smallest absolute Gasteiger partial charge is 0.262 e. The average molecular weight is 348 g/mol. The molecule has 2 aromatic rings. The standard InChI is InChI=1S/C17H20N2O4S/c1-13-7-9-15(10-8-13)23-12-17(20)18-14-5-4-6-16(11-14)24(21,22)19(2)3/h4-11H,12H2,1-3H3,(H,18,20). The van der Waals surface area contributed by atoms with Gasteiger partial charge in [0.05, 0.1) is 4.90 Å². The number of hydrogen-bond acceptors (Lipinski definition) is 4. The van der Waals surface area contributed by atoms with Crippen LogP contribution in [0.15, 0.2) is 53.4 Å². The van der Waals surface area contributed by atoms with Crippen molar-refractivity contribution in [3.05, 3.63) is 54.1 Å². The first kappa shape index (κ1) is 18.0. The van der Waals surface area contributed by atoms with Crippen molar-refractivity contribution in [2.45, 2.75) is 11.8 Å². The second kappa shape index (κ2) is 7.46. The third-order valence-corrected chi connectivity index (χ3v) is 5.10. The number of aryl methyl sites for hydroxylation is 1. The van der Waals surface area contributed by atoms with Crippen molar-refractivity contribution in [1.82, 2.24) is 4.31 Å². The first-order valence-electron chi connectivity index (χ1n) is 7.31. The van der Waals surface area contributed by atoms with E-state index in [1.165, 1.54) is 26.2 Å². The van der Waals surface area contributed by atoms with Gasteiger partial charge in [-0.15, -0.1) is 0 Å². The Morgan fingerprint density at radius 3 is 2.42 bits per heavy atom. The summed E-state index contributed by atoms with van der Waals surface area (Å²) < 4.78 is 30.7. The molecule has 0 spiro atoms. The number of carbonyl (C=O) groups excluding carboxylic acids is 1. The quantitative estimate of drug-likeness (QED) is 0.869. The van der Waals surface area contributed by atoms with Crippen LogP contribution < -0.4 is 10.1 Å². The minimum atomic E-state index is -3.54. The van der Waals surface area contributed by atoms with Gasteiger partial charge in [-0.1, -0.05) is 23.8 Å². The SMILES string of the molecule is Cc1ccc(OCC(=O)Nc2cccc(S(=O)(=O)N(C)C)c2)cc1. The van der Waals surface area contributed by atoms with Crippen LogP contribution in [-0.2, 0) is 14.8 Å². The number of amides is 1. The highest BCUT2D eigenvalue weighted by Crippen LogP contribution is 2.18. The fourth-order valence-electron chi connectivity index (χ4n) is 1.93. The summed E-state index contributed by atoms with van der Waals surface area (Å²) in [6, 6.07) is 13.4.